The van der Waals surface area contributed by atoms with E-state index in [9.17, 15) is 4.79 Å². The van der Waals surface area contributed by atoms with Gasteiger partial charge in [-0.2, -0.15) is 0 Å². The van der Waals surface area contributed by atoms with Crippen LogP contribution in [0.5, 0.6) is 0 Å². The van der Waals surface area contributed by atoms with Crippen LogP contribution in [0.15, 0.2) is 42.5 Å². The molecule has 0 aliphatic carbocycles. The largest absolute Gasteiger partial charge is 0.480 e. The van der Waals surface area contributed by atoms with Gasteiger partial charge in [0.25, 0.3) is 0 Å². The molecule has 0 radical (unpaired) electrons. The highest BCUT2D eigenvalue weighted by molar-refractivity contribution is 5.88. The van der Waals surface area contributed by atoms with Crippen LogP contribution in [0.1, 0.15) is 11.5 Å². The topological polar surface area (TPSA) is 49.3 Å². The number of hydrogen-bond acceptors (Lipinski definition) is 2. The molecule has 1 fully saturated rings. The number of carboxylic acid groups (broad SMARTS) is 1. The Morgan fingerprint density at radius 2 is 1.94 bits per heavy atom. The molecule has 0 spiro atoms. The lowest BCUT2D eigenvalue weighted by molar-refractivity contribution is -0.142. The summed E-state index contributed by atoms with van der Waals surface area (Å²) in [6.45, 7) is 0.741. The minimum atomic E-state index is -0.769. The molecule has 3 heteroatoms. The maximum absolute atomic E-state index is 11.0. The average molecular weight is 227 g/mol. The zero-order valence-electron chi connectivity index (χ0n) is 9.26. The van der Waals surface area contributed by atoms with Crippen molar-refractivity contribution in [2.75, 3.05) is 6.54 Å². The molecule has 2 aromatic rings. The van der Waals surface area contributed by atoms with Crippen LogP contribution >= 0.6 is 0 Å². The normalized spacial score (nSPS) is 23.3. The Kier molecular flexibility index (Phi) is 2.34. The average Bonchev–Trinajstić information content (AvgIpc) is 2.27. The van der Waals surface area contributed by atoms with E-state index in [1.807, 2.05) is 24.3 Å². The second-order valence-corrected chi connectivity index (χ2v) is 4.40. The first-order valence-electron chi connectivity index (χ1n) is 5.71. The van der Waals surface area contributed by atoms with E-state index in [2.05, 4.69) is 23.5 Å². The Bertz CT molecular complexity index is 574. The zero-order chi connectivity index (χ0) is 11.8. The summed E-state index contributed by atoms with van der Waals surface area (Å²) in [5, 5.41) is 14.4. The zero-order valence-corrected chi connectivity index (χ0v) is 9.26. The molecule has 17 heavy (non-hydrogen) atoms. The molecule has 2 N–H and O–H groups in total. The number of benzene rings is 2. The number of nitrogens with one attached hydrogen (secondary N) is 1. The first-order chi connectivity index (χ1) is 8.27. The van der Waals surface area contributed by atoms with Gasteiger partial charge in [-0.05, 0) is 16.3 Å². The third-order valence-corrected chi connectivity index (χ3v) is 3.45. The summed E-state index contributed by atoms with van der Waals surface area (Å²) in [5.74, 6) is -0.687. The number of aliphatic carboxylic acids is 1. The van der Waals surface area contributed by atoms with Gasteiger partial charge in [0.15, 0.2) is 0 Å². The van der Waals surface area contributed by atoms with Gasteiger partial charge < -0.3 is 10.4 Å². The smallest absolute Gasteiger partial charge is 0.321 e. The van der Waals surface area contributed by atoms with E-state index < -0.39 is 12.0 Å². The molecule has 2 atom stereocenters. The lowest BCUT2D eigenvalue weighted by Gasteiger charge is -2.35. The molecule has 3 nitrogen and oxygen atoms in total. The van der Waals surface area contributed by atoms with E-state index in [1.54, 1.807) is 0 Å². The molecular formula is C14H13NO2. The molecule has 86 valence electrons. The van der Waals surface area contributed by atoms with Crippen molar-refractivity contribution in [2.24, 2.45) is 0 Å². The summed E-state index contributed by atoms with van der Waals surface area (Å²) in [6, 6.07) is 13.7. The first-order valence-corrected chi connectivity index (χ1v) is 5.71. The van der Waals surface area contributed by atoms with Crippen LogP contribution in [0.25, 0.3) is 10.8 Å². The number of hydrogen-bond donors (Lipinski definition) is 2. The van der Waals surface area contributed by atoms with Gasteiger partial charge in [-0.25, -0.2) is 0 Å². The van der Waals surface area contributed by atoms with Crippen molar-refractivity contribution in [1.82, 2.24) is 5.32 Å². The first kappa shape index (κ1) is 10.3. The van der Waals surface area contributed by atoms with E-state index in [0.29, 0.717) is 0 Å². The Morgan fingerprint density at radius 1 is 1.18 bits per heavy atom. The molecule has 1 aliphatic heterocycles. The highest BCUT2D eigenvalue weighted by atomic mass is 16.4. The minimum absolute atomic E-state index is 0.0820. The molecule has 1 saturated heterocycles. The molecule has 2 aromatic carbocycles. The van der Waals surface area contributed by atoms with E-state index in [0.717, 1.165) is 17.5 Å². The van der Waals surface area contributed by atoms with Gasteiger partial charge >= 0.3 is 5.97 Å². The highest BCUT2D eigenvalue weighted by Crippen LogP contribution is 2.31. The number of carboxylic acids is 1. The Balaban J connectivity index is 2.09. The van der Waals surface area contributed by atoms with E-state index in [4.69, 9.17) is 5.11 Å². The van der Waals surface area contributed by atoms with Crippen molar-refractivity contribution in [3.63, 3.8) is 0 Å². The van der Waals surface area contributed by atoms with Crippen molar-refractivity contribution >= 4 is 16.7 Å². The van der Waals surface area contributed by atoms with Crippen LogP contribution in [0, 0.1) is 0 Å². The SMILES string of the molecule is O=C(O)[C@H]1NC[C@H]1c1cccc2ccccc12. The number of rotatable bonds is 2. The Morgan fingerprint density at radius 3 is 2.65 bits per heavy atom. The monoisotopic (exact) mass is 227 g/mol. The lowest BCUT2D eigenvalue weighted by atomic mass is 9.82. The molecule has 0 unspecified atom stereocenters. The summed E-state index contributed by atoms with van der Waals surface area (Å²) < 4.78 is 0. The lowest BCUT2D eigenvalue weighted by Crippen LogP contribution is -2.55. The number of fused-ring (bicyclic) bond motifs is 1. The summed E-state index contributed by atoms with van der Waals surface area (Å²) in [4.78, 5) is 11.0. The number of carbonyl (C=O) groups is 1. The summed E-state index contributed by atoms with van der Waals surface area (Å²) in [5.41, 5.74) is 1.13. The Hall–Kier alpha value is -1.87. The molecule has 0 amide bonds. The van der Waals surface area contributed by atoms with Crippen molar-refractivity contribution in [2.45, 2.75) is 12.0 Å². The van der Waals surface area contributed by atoms with Crippen LogP contribution in [0.3, 0.4) is 0 Å². The summed E-state index contributed by atoms with van der Waals surface area (Å²) in [7, 11) is 0. The van der Waals surface area contributed by atoms with Crippen LogP contribution in [-0.2, 0) is 4.79 Å². The van der Waals surface area contributed by atoms with Crippen molar-refractivity contribution in [3.8, 4) is 0 Å². The van der Waals surface area contributed by atoms with E-state index in [1.165, 1.54) is 5.39 Å². The van der Waals surface area contributed by atoms with E-state index in [-0.39, 0.29) is 5.92 Å². The van der Waals surface area contributed by atoms with E-state index >= 15 is 0 Å². The molecule has 3 rings (SSSR count). The fraction of sp³-hybridized carbons (Fsp3) is 0.214. The standard InChI is InChI=1S/C14H13NO2/c16-14(17)13-12(8-15-13)11-7-3-5-9-4-1-2-6-10(9)11/h1-7,12-13,15H,8H2,(H,16,17)/t12-,13-/m0/s1. The van der Waals surface area contributed by atoms with Gasteiger partial charge in [-0.1, -0.05) is 42.5 Å². The highest BCUT2D eigenvalue weighted by Gasteiger charge is 2.37. The van der Waals surface area contributed by atoms with Gasteiger partial charge in [-0.15, -0.1) is 0 Å². The van der Waals surface area contributed by atoms with Gasteiger partial charge in [0.2, 0.25) is 0 Å². The Labute approximate surface area is 99.1 Å². The van der Waals surface area contributed by atoms with Crippen LogP contribution in [-0.4, -0.2) is 23.7 Å². The molecule has 1 heterocycles. The molecule has 1 aliphatic rings. The third kappa shape index (κ3) is 1.59. The van der Waals surface area contributed by atoms with Crippen LogP contribution < -0.4 is 5.32 Å². The maximum Gasteiger partial charge on any atom is 0.321 e. The van der Waals surface area contributed by atoms with Gasteiger partial charge in [0.1, 0.15) is 6.04 Å². The maximum atomic E-state index is 11.0. The fourth-order valence-electron chi connectivity index (χ4n) is 2.48. The molecule has 0 saturated carbocycles. The summed E-state index contributed by atoms with van der Waals surface area (Å²) in [6.07, 6.45) is 0. The second-order valence-electron chi connectivity index (χ2n) is 4.40. The molecule has 0 bridgehead atoms. The minimum Gasteiger partial charge on any atom is -0.480 e. The summed E-state index contributed by atoms with van der Waals surface area (Å²) >= 11 is 0. The van der Waals surface area contributed by atoms with Gasteiger partial charge in [0, 0.05) is 12.5 Å². The predicted octanol–water partition coefficient (Wildman–Crippen LogP) is 1.98. The van der Waals surface area contributed by atoms with Crippen molar-refractivity contribution in [3.05, 3.63) is 48.0 Å². The third-order valence-electron chi connectivity index (χ3n) is 3.45. The van der Waals surface area contributed by atoms with Gasteiger partial charge in [0.05, 0.1) is 0 Å². The van der Waals surface area contributed by atoms with Crippen molar-refractivity contribution in [1.29, 1.82) is 0 Å². The quantitative estimate of drug-likeness (QED) is 0.824. The van der Waals surface area contributed by atoms with Gasteiger partial charge in [-0.3, -0.25) is 4.79 Å². The molecular weight excluding hydrogens is 214 g/mol. The fourth-order valence-corrected chi connectivity index (χ4v) is 2.48. The van der Waals surface area contributed by atoms with Crippen molar-refractivity contribution < 1.29 is 9.90 Å². The molecule has 0 aromatic heterocycles. The second kappa shape index (κ2) is 3.86. The van der Waals surface area contributed by atoms with Crippen LogP contribution in [0.2, 0.25) is 0 Å². The predicted molar refractivity (Wildman–Crippen MR) is 66.1 cm³/mol. The van der Waals surface area contributed by atoms with Crippen LogP contribution in [0.4, 0.5) is 0 Å².